The minimum Gasteiger partial charge on any atom is -0.480 e. The lowest BCUT2D eigenvalue weighted by atomic mass is 9.76. The molecule has 1 saturated carbocycles. The van der Waals surface area contributed by atoms with Gasteiger partial charge >= 0.3 is 5.97 Å². The highest BCUT2D eigenvalue weighted by Gasteiger charge is 2.51. The third-order valence-corrected chi connectivity index (χ3v) is 6.55. The number of carbonyl (C=O) groups is 2. The van der Waals surface area contributed by atoms with Crippen molar-refractivity contribution in [1.82, 2.24) is 19.4 Å². The quantitative estimate of drug-likeness (QED) is 0.824. The fraction of sp³-hybridized carbons (Fsp3) is 0.750. The highest BCUT2D eigenvalue weighted by molar-refractivity contribution is 5.87. The number of imidazole rings is 1. The van der Waals surface area contributed by atoms with Crippen LogP contribution in [0.25, 0.3) is 0 Å². The summed E-state index contributed by atoms with van der Waals surface area (Å²) in [5, 5.41) is 9.64. The molecule has 1 unspecified atom stereocenters. The minimum absolute atomic E-state index is 0.0249. The molecule has 1 amide bonds. The summed E-state index contributed by atoms with van der Waals surface area (Å²) in [4.78, 5) is 32.9. The number of rotatable bonds is 6. The first-order valence-electron chi connectivity index (χ1n) is 10.3. The van der Waals surface area contributed by atoms with Gasteiger partial charge in [0.25, 0.3) is 0 Å². The molecule has 2 aliphatic heterocycles. The van der Waals surface area contributed by atoms with Crippen molar-refractivity contribution in [2.45, 2.75) is 64.6 Å². The summed E-state index contributed by atoms with van der Waals surface area (Å²) in [5.41, 5.74) is -0.0249. The Kier molecular flexibility index (Phi) is 4.97. The molecule has 4 rings (SSSR count). The normalized spacial score (nSPS) is 25.2. The Labute approximate surface area is 160 Å². The Morgan fingerprint density at radius 3 is 2.67 bits per heavy atom. The van der Waals surface area contributed by atoms with Gasteiger partial charge in [-0.2, -0.15) is 0 Å². The topological polar surface area (TPSA) is 78.7 Å². The monoisotopic (exact) mass is 374 g/mol. The van der Waals surface area contributed by atoms with E-state index in [4.69, 9.17) is 0 Å². The maximum absolute atomic E-state index is 12.6. The number of nitrogens with zero attached hydrogens (tertiary/aromatic N) is 4. The van der Waals surface area contributed by atoms with E-state index in [-0.39, 0.29) is 17.2 Å². The summed E-state index contributed by atoms with van der Waals surface area (Å²) in [6, 6.07) is -0.631. The predicted molar refractivity (Wildman–Crippen MR) is 99.9 cm³/mol. The summed E-state index contributed by atoms with van der Waals surface area (Å²) < 4.78 is 2.22. The van der Waals surface area contributed by atoms with E-state index in [0.29, 0.717) is 13.0 Å². The van der Waals surface area contributed by atoms with Crippen molar-refractivity contribution in [3.8, 4) is 0 Å². The van der Waals surface area contributed by atoms with Gasteiger partial charge in [-0.15, -0.1) is 0 Å². The molecule has 27 heavy (non-hydrogen) atoms. The maximum Gasteiger partial charge on any atom is 0.326 e. The van der Waals surface area contributed by atoms with E-state index >= 15 is 0 Å². The molecule has 0 bridgehead atoms. The average molecular weight is 374 g/mol. The molecule has 2 saturated heterocycles. The zero-order chi connectivity index (χ0) is 19.0. The first-order valence-corrected chi connectivity index (χ1v) is 10.3. The predicted octanol–water partition coefficient (Wildman–Crippen LogP) is 1.97. The molecule has 7 nitrogen and oxygen atoms in total. The fourth-order valence-electron chi connectivity index (χ4n) is 4.76. The zero-order valence-electron chi connectivity index (χ0n) is 16.1. The van der Waals surface area contributed by atoms with E-state index in [1.807, 2.05) is 12.4 Å². The molecular weight excluding hydrogens is 344 g/mol. The molecule has 1 aliphatic carbocycles. The van der Waals surface area contributed by atoms with E-state index in [1.54, 1.807) is 4.90 Å². The SMILES string of the molecule is CCCn1ccnc1CN1CCC2(CC1)CC(C(=O)O)N(C(=O)C1CC1)C2. The Morgan fingerprint density at radius 2 is 2.04 bits per heavy atom. The van der Waals surface area contributed by atoms with Crippen LogP contribution in [0.2, 0.25) is 0 Å². The van der Waals surface area contributed by atoms with Gasteiger partial charge in [-0.3, -0.25) is 9.69 Å². The lowest BCUT2D eigenvalue weighted by Crippen LogP contribution is -2.43. The lowest BCUT2D eigenvalue weighted by Gasteiger charge is -2.39. The largest absolute Gasteiger partial charge is 0.480 e. The summed E-state index contributed by atoms with van der Waals surface area (Å²) >= 11 is 0. The van der Waals surface area contributed by atoms with Gasteiger partial charge < -0.3 is 14.6 Å². The smallest absolute Gasteiger partial charge is 0.326 e. The number of carboxylic acid groups (broad SMARTS) is 1. The average Bonchev–Trinajstić information content (AvgIpc) is 3.31. The van der Waals surface area contributed by atoms with Gasteiger partial charge in [0.1, 0.15) is 11.9 Å². The molecule has 3 aliphatic rings. The van der Waals surface area contributed by atoms with Crippen LogP contribution in [0.5, 0.6) is 0 Å². The number of hydrogen-bond acceptors (Lipinski definition) is 4. The highest BCUT2D eigenvalue weighted by atomic mass is 16.4. The zero-order valence-corrected chi connectivity index (χ0v) is 16.1. The molecule has 3 heterocycles. The number of carbonyl (C=O) groups excluding carboxylic acids is 1. The second-order valence-electron chi connectivity index (χ2n) is 8.61. The summed E-state index contributed by atoms with van der Waals surface area (Å²) in [7, 11) is 0. The number of aromatic nitrogens is 2. The van der Waals surface area contributed by atoms with Crippen molar-refractivity contribution in [2.75, 3.05) is 19.6 Å². The number of carboxylic acids is 1. The molecule has 7 heteroatoms. The van der Waals surface area contributed by atoms with Crippen molar-refractivity contribution in [1.29, 1.82) is 0 Å². The number of aryl methyl sites for hydroxylation is 1. The van der Waals surface area contributed by atoms with Crippen LogP contribution in [0.1, 0.15) is 51.3 Å². The van der Waals surface area contributed by atoms with Crippen LogP contribution in [0, 0.1) is 11.3 Å². The number of aliphatic carboxylic acids is 1. The molecule has 1 atom stereocenters. The van der Waals surface area contributed by atoms with Crippen LogP contribution < -0.4 is 0 Å². The molecule has 1 N–H and O–H groups in total. The minimum atomic E-state index is -0.843. The van der Waals surface area contributed by atoms with Gasteiger partial charge in [-0.25, -0.2) is 9.78 Å². The molecule has 148 valence electrons. The highest BCUT2D eigenvalue weighted by Crippen LogP contribution is 2.45. The second-order valence-corrected chi connectivity index (χ2v) is 8.61. The molecule has 0 aromatic carbocycles. The summed E-state index contributed by atoms with van der Waals surface area (Å²) in [6.45, 7) is 6.51. The molecule has 1 spiro atoms. The number of likely N-dealkylation sites (tertiary alicyclic amines) is 2. The van der Waals surface area contributed by atoms with Crippen LogP contribution >= 0.6 is 0 Å². The van der Waals surface area contributed by atoms with Crippen LogP contribution in [0.4, 0.5) is 0 Å². The molecular formula is C20H30N4O3. The number of hydrogen-bond donors (Lipinski definition) is 1. The van der Waals surface area contributed by atoms with Crippen LogP contribution in [-0.2, 0) is 22.7 Å². The van der Waals surface area contributed by atoms with Crippen LogP contribution in [0.15, 0.2) is 12.4 Å². The van der Waals surface area contributed by atoms with E-state index in [1.165, 1.54) is 0 Å². The number of amides is 1. The molecule has 0 radical (unpaired) electrons. The molecule has 3 fully saturated rings. The Morgan fingerprint density at radius 1 is 1.30 bits per heavy atom. The van der Waals surface area contributed by atoms with Gasteiger partial charge in [0, 0.05) is 31.4 Å². The second kappa shape index (κ2) is 7.26. The summed E-state index contributed by atoms with van der Waals surface area (Å²) in [5.74, 6) is 0.417. The van der Waals surface area contributed by atoms with Gasteiger partial charge in [0.05, 0.1) is 6.54 Å². The third kappa shape index (κ3) is 3.74. The lowest BCUT2D eigenvalue weighted by molar-refractivity contribution is -0.148. The third-order valence-electron chi connectivity index (χ3n) is 6.55. The first-order chi connectivity index (χ1) is 13.0. The van der Waals surface area contributed by atoms with Crippen molar-refractivity contribution in [3.63, 3.8) is 0 Å². The van der Waals surface area contributed by atoms with E-state index in [2.05, 4.69) is 21.4 Å². The molecule has 1 aromatic rings. The van der Waals surface area contributed by atoms with E-state index in [9.17, 15) is 14.7 Å². The Bertz CT molecular complexity index is 704. The van der Waals surface area contributed by atoms with Crippen molar-refractivity contribution < 1.29 is 14.7 Å². The van der Waals surface area contributed by atoms with Crippen LogP contribution in [0.3, 0.4) is 0 Å². The van der Waals surface area contributed by atoms with Gasteiger partial charge in [-0.1, -0.05) is 6.92 Å². The van der Waals surface area contributed by atoms with Crippen molar-refractivity contribution in [2.24, 2.45) is 11.3 Å². The van der Waals surface area contributed by atoms with Gasteiger partial charge in [0.2, 0.25) is 5.91 Å². The van der Waals surface area contributed by atoms with Gasteiger partial charge in [-0.05, 0) is 57.0 Å². The Balaban J connectivity index is 1.38. The van der Waals surface area contributed by atoms with Crippen LogP contribution in [-0.4, -0.2) is 62.0 Å². The van der Waals surface area contributed by atoms with E-state index < -0.39 is 12.0 Å². The first kappa shape index (κ1) is 18.5. The summed E-state index contributed by atoms with van der Waals surface area (Å²) in [6.07, 6.45) is 9.37. The standard InChI is InChI=1S/C20H30N4O3/c1-2-8-23-11-7-21-17(23)13-22-9-5-20(6-10-22)12-16(19(26)27)24(14-20)18(25)15-3-4-15/h7,11,15-16H,2-6,8-10,12-14H2,1H3,(H,26,27). The van der Waals surface area contributed by atoms with Crippen molar-refractivity contribution in [3.05, 3.63) is 18.2 Å². The maximum atomic E-state index is 12.6. The van der Waals surface area contributed by atoms with Crippen molar-refractivity contribution >= 4 is 11.9 Å². The van der Waals surface area contributed by atoms with E-state index in [0.717, 1.165) is 64.1 Å². The molecule has 1 aromatic heterocycles. The number of piperidine rings is 1. The fourth-order valence-corrected chi connectivity index (χ4v) is 4.76. The Hall–Kier alpha value is -1.89. The van der Waals surface area contributed by atoms with Gasteiger partial charge in [0.15, 0.2) is 0 Å².